The predicted octanol–water partition coefficient (Wildman–Crippen LogP) is 3.41. The molecular formula is C22H29FN6O. The standard InChI is InChI=1S/C22H29FN6O/c23-18-3-1-14(2-4-18)13-25-20-26-19(24-5-6-30)27-21(28-20)29-22-10-15-7-16(11-22)9-17(8-15)12-22/h1-4,15-17,30H,5-13H2,(H3,24,25,26,27,28,29). The van der Waals surface area contributed by atoms with E-state index in [2.05, 4.69) is 30.9 Å². The molecule has 30 heavy (non-hydrogen) atoms. The first-order valence-corrected chi connectivity index (χ1v) is 11.0. The molecule has 0 unspecified atom stereocenters. The van der Waals surface area contributed by atoms with Gasteiger partial charge >= 0.3 is 0 Å². The summed E-state index contributed by atoms with van der Waals surface area (Å²) in [6.45, 7) is 0.862. The molecule has 6 rings (SSSR count). The lowest BCUT2D eigenvalue weighted by molar-refractivity contribution is 0.0103. The molecule has 1 aromatic carbocycles. The van der Waals surface area contributed by atoms with Crippen LogP contribution in [0, 0.1) is 23.6 Å². The maximum Gasteiger partial charge on any atom is 0.229 e. The van der Waals surface area contributed by atoms with Gasteiger partial charge in [-0.3, -0.25) is 0 Å². The van der Waals surface area contributed by atoms with Gasteiger partial charge in [-0.15, -0.1) is 0 Å². The zero-order chi connectivity index (χ0) is 20.6. The summed E-state index contributed by atoms with van der Waals surface area (Å²) in [6.07, 6.45) is 7.73. The number of nitrogens with zero attached hydrogens (tertiary/aromatic N) is 3. The average Bonchev–Trinajstić information content (AvgIpc) is 2.70. The van der Waals surface area contributed by atoms with Crippen molar-refractivity contribution in [3.63, 3.8) is 0 Å². The van der Waals surface area contributed by atoms with Gasteiger partial charge in [-0.25, -0.2) is 4.39 Å². The summed E-state index contributed by atoms with van der Waals surface area (Å²) in [6, 6.07) is 6.36. The minimum absolute atomic E-state index is 0.00175. The summed E-state index contributed by atoms with van der Waals surface area (Å²) in [5, 5.41) is 19.1. The highest BCUT2D eigenvalue weighted by atomic mass is 19.1. The Kier molecular flexibility index (Phi) is 5.18. The molecule has 7 nitrogen and oxygen atoms in total. The molecule has 4 aliphatic carbocycles. The topological polar surface area (TPSA) is 95.0 Å². The first-order chi connectivity index (χ1) is 14.6. The lowest BCUT2D eigenvalue weighted by Crippen LogP contribution is -2.55. The van der Waals surface area contributed by atoms with Gasteiger partial charge in [0.25, 0.3) is 0 Å². The van der Waals surface area contributed by atoms with Crippen molar-refractivity contribution in [2.24, 2.45) is 17.8 Å². The second kappa shape index (κ2) is 7.98. The molecule has 0 amide bonds. The van der Waals surface area contributed by atoms with Crippen LogP contribution in [-0.2, 0) is 6.54 Å². The molecular weight excluding hydrogens is 383 g/mol. The maximum atomic E-state index is 13.1. The summed E-state index contributed by atoms with van der Waals surface area (Å²) in [7, 11) is 0. The molecule has 0 atom stereocenters. The van der Waals surface area contributed by atoms with E-state index in [0.29, 0.717) is 30.9 Å². The van der Waals surface area contributed by atoms with E-state index in [-0.39, 0.29) is 18.0 Å². The van der Waals surface area contributed by atoms with Crippen LogP contribution in [0.2, 0.25) is 0 Å². The van der Waals surface area contributed by atoms with Crippen LogP contribution in [-0.4, -0.2) is 38.7 Å². The lowest BCUT2D eigenvalue weighted by Gasteiger charge is -2.56. The van der Waals surface area contributed by atoms with Crippen LogP contribution in [0.3, 0.4) is 0 Å². The Balaban J connectivity index is 1.34. The first-order valence-electron chi connectivity index (χ1n) is 11.0. The van der Waals surface area contributed by atoms with Gasteiger partial charge in [0.15, 0.2) is 0 Å². The molecule has 0 aliphatic heterocycles. The number of benzene rings is 1. The van der Waals surface area contributed by atoms with Crippen LogP contribution < -0.4 is 16.0 Å². The van der Waals surface area contributed by atoms with Crippen LogP contribution in [0.4, 0.5) is 22.2 Å². The van der Waals surface area contributed by atoms with E-state index in [1.54, 1.807) is 12.1 Å². The zero-order valence-corrected chi connectivity index (χ0v) is 17.1. The molecule has 1 heterocycles. The van der Waals surface area contributed by atoms with E-state index >= 15 is 0 Å². The van der Waals surface area contributed by atoms with E-state index in [9.17, 15) is 4.39 Å². The van der Waals surface area contributed by atoms with Crippen LogP contribution in [0.1, 0.15) is 44.1 Å². The molecule has 4 saturated carbocycles. The number of hydrogen-bond donors (Lipinski definition) is 4. The Morgan fingerprint density at radius 3 is 2.03 bits per heavy atom. The van der Waals surface area contributed by atoms with Gasteiger partial charge in [-0.05, 0) is 74.0 Å². The molecule has 2 aromatic rings. The number of hydrogen-bond acceptors (Lipinski definition) is 7. The van der Waals surface area contributed by atoms with E-state index in [1.165, 1.54) is 50.7 Å². The SMILES string of the molecule is OCCNc1nc(NCc2ccc(F)cc2)nc(NC23CC4CC(CC(C4)C2)C3)n1. The maximum absolute atomic E-state index is 13.1. The average molecular weight is 413 g/mol. The fraction of sp³-hybridized carbons (Fsp3) is 0.591. The molecule has 1 aromatic heterocycles. The molecule has 0 saturated heterocycles. The minimum Gasteiger partial charge on any atom is -0.395 e. The van der Waals surface area contributed by atoms with Gasteiger partial charge in [0.05, 0.1) is 6.61 Å². The summed E-state index contributed by atoms with van der Waals surface area (Å²) in [5.41, 5.74) is 1.04. The fourth-order valence-electron chi connectivity index (χ4n) is 6.04. The largest absolute Gasteiger partial charge is 0.395 e. The monoisotopic (exact) mass is 412 g/mol. The van der Waals surface area contributed by atoms with Crippen molar-refractivity contribution in [1.29, 1.82) is 0 Å². The summed E-state index contributed by atoms with van der Waals surface area (Å²) >= 11 is 0. The number of aliphatic hydroxyl groups is 1. The number of rotatable bonds is 8. The molecule has 0 radical (unpaired) electrons. The Morgan fingerprint density at radius 2 is 1.43 bits per heavy atom. The molecule has 4 bridgehead atoms. The van der Waals surface area contributed by atoms with Crippen molar-refractivity contribution in [2.75, 3.05) is 29.1 Å². The zero-order valence-electron chi connectivity index (χ0n) is 17.1. The van der Waals surface area contributed by atoms with Gasteiger partial charge < -0.3 is 21.1 Å². The molecule has 0 spiro atoms. The second-order valence-electron chi connectivity index (χ2n) is 9.26. The smallest absolute Gasteiger partial charge is 0.229 e. The van der Waals surface area contributed by atoms with Crippen LogP contribution in [0.5, 0.6) is 0 Å². The van der Waals surface area contributed by atoms with E-state index in [4.69, 9.17) is 5.11 Å². The molecule has 4 aliphatic rings. The molecule has 4 fully saturated rings. The van der Waals surface area contributed by atoms with Gasteiger partial charge in [-0.1, -0.05) is 12.1 Å². The number of halogens is 1. The van der Waals surface area contributed by atoms with Crippen molar-refractivity contribution >= 4 is 17.8 Å². The van der Waals surface area contributed by atoms with Crippen LogP contribution in [0.25, 0.3) is 0 Å². The highest BCUT2D eigenvalue weighted by Gasteiger charge is 2.51. The number of nitrogens with one attached hydrogen (secondary N) is 3. The highest BCUT2D eigenvalue weighted by molar-refractivity contribution is 5.44. The number of aliphatic hydroxyl groups excluding tert-OH is 1. The summed E-state index contributed by atoms with van der Waals surface area (Å²) in [5.74, 6) is 3.70. The Morgan fingerprint density at radius 1 is 0.867 bits per heavy atom. The van der Waals surface area contributed by atoms with Crippen LogP contribution >= 0.6 is 0 Å². The van der Waals surface area contributed by atoms with Crippen LogP contribution in [0.15, 0.2) is 24.3 Å². The number of anilines is 3. The van der Waals surface area contributed by atoms with Gasteiger partial charge in [0.2, 0.25) is 17.8 Å². The fourth-order valence-corrected chi connectivity index (χ4v) is 6.04. The molecule has 160 valence electrons. The predicted molar refractivity (Wildman–Crippen MR) is 114 cm³/mol. The van der Waals surface area contributed by atoms with E-state index < -0.39 is 0 Å². The quantitative estimate of drug-likeness (QED) is 0.528. The van der Waals surface area contributed by atoms with Crippen molar-refractivity contribution in [1.82, 2.24) is 15.0 Å². The van der Waals surface area contributed by atoms with Crippen molar-refractivity contribution < 1.29 is 9.50 Å². The first kappa shape index (κ1) is 19.5. The molecule has 4 N–H and O–H groups in total. The normalized spacial score (nSPS) is 29.1. The Hall–Kier alpha value is -2.48. The third kappa shape index (κ3) is 4.19. The Bertz CT molecular complexity index is 854. The van der Waals surface area contributed by atoms with E-state index in [1.807, 2.05) is 0 Å². The highest BCUT2D eigenvalue weighted by Crippen LogP contribution is 2.56. The lowest BCUT2D eigenvalue weighted by atomic mass is 9.53. The van der Waals surface area contributed by atoms with Crippen molar-refractivity contribution in [2.45, 2.75) is 50.6 Å². The second-order valence-corrected chi connectivity index (χ2v) is 9.26. The summed E-state index contributed by atoms with van der Waals surface area (Å²) < 4.78 is 13.1. The number of aromatic nitrogens is 3. The third-order valence-electron chi connectivity index (χ3n) is 6.81. The summed E-state index contributed by atoms with van der Waals surface area (Å²) in [4.78, 5) is 13.6. The third-order valence-corrected chi connectivity index (χ3v) is 6.81. The molecule has 8 heteroatoms. The minimum atomic E-state index is -0.253. The van der Waals surface area contributed by atoms with Crippen molar-refractivity contribution in [3.05, 3.63) is 35.6 Å². The Labute approximate surface area is 175 Å². The van der Waals surface area contributed by atoms with Crippen molar-refractivity contribution in [3.8, 4) is 0 Å². The van der Waals surface area contributed by atoms with E-state index in [0.717, 1.165) is 23.3 Å². The van der Waals surface area contributed by atoms with Gasteiger partial charge in [0, 0.05) is 18.6 Å². The van der Waals surface area contributed by atoms with Gasteiger partial charge in [-0.2, -0.15) is 15.0 Å². The van der Waals surface area contributed by atoms with Gasteiger partial charge in [0.1, 0.15) is 5.82 Å².